The van der Waals surface area contributed by atoms with Crippen LogP contribution in [0.1, 0.15) is 35.7 Å². The van der Waals surface area contributed by atoms with Gasteiger partial charge in [-0.15, -0.1) is 0 Å². The summed E-state index contributed by atoms with van der Waals surface area (Å²) in [5.41, 5.74) is 2.44. The predicted molar refractivity (Wildman–Crippen MR) is 119 cm³/mol. The Balaban J connectivity index is 1.33. The highest BCUT2D eigenvalue weighted by Crippen LogP contribution is 2.37. The summed E-state index contributed by atoms with van der Waals surface area (Å²) in [7, 11) is 0. The van der Waals surface area contributed by atoms with Crippen LogP contribution in [0.5, 0.6) is 0 Å². The molecule has 4 rings (SSSR count). The number of nitrogens with zero attached hydrogens (tertiary/aromatic N) is 1. The second-order valence-corrected chi connectivity index (χ2v) is 7.89. The standard InChI is InChI=1S/C25H24N2O5/c1-2-16-7-11-18(12-8-16)26-22(28)15-32-25(31)17-9-13-19(14-10-17)27-23(29)20-5-3-4-6-21(20)24(27)30/h3-4,7-14,20-21H,2,5-6,15H2,1H3,(H,26,28)/t20-,21-/m0/s1. The van der Waals surface area contributed by atoms with E-state index in [0.29, 0.717) is 24.2 Å². The van der Waals surface area contributed by atoms with E-state index in [9.17, 15) is 19.2 Å². The molecule has 1 aliphatic carbocycles. The van der Waals surface area contributed by atoms with Crippen LogP contribution in [0.25, 0.3) is 0 Å². The van der Waals surface area contributed by atoms with E-state index in [4.69, 9.17) is 4.74 Å². The molecule has 2 aromatic carbocycles. The molecule has 1 N–H and O–H groups in total. The molecule has 2 aromatic rings. The number of carbonyl (C=O) groups is 4. The molecule has 0 bridgehead atoms. The minimum atomic E-state index is -0.662. The van der Waals surface area contributed by atoms with Gasteiger partial charge in [0.2, 0.25) is 11.8 Å². The second kappa shape index (κ2) is 9.18. The largest absolute Gasteiger partial charge is 0.452 e. The maximum atomic E-state index is 12.7. The summed E-state index contributed by atoms with van der Waals surface area (Å²) in [5, 5.41) is 2.68. The van der Waals surface area contributed by atoms with Gasteiger partial charge in [-0.2, -0.15) is 0 Å². The van der Waals surface area contributed by atoms with Gasteiger partial charge in [0, 0.05) is 5.69 Å². The Labute approximate surface area is 186 Å². The molecule has 7 heteroatoms. The van der Waals surface area contributed by atoms with Crippen LogP contribution >= 0.6 is 0 Å². The van der Waals surface area contributed by atoms with E-state index in [-0.39, 0.29) is 29.2 Å². The molecule has 1 aliphatic heterocycles. The topological polar surface area (TPSA) is 92.8 Å². The zero-order valence-electron chi connectivity index (χ0n) is 17.7. The third kappa shape index (κ3) is 4.32. The molecule has 0 radical (unpaired) electrons. The van der Waals surface area contributed by atoms with Gasteiger partial charge in [-0.05, 0) is 61.2 Å². The minimum Gasteiger partial charge on any atom is -0.452 e. The number of nitrogens with one attached hydrogen (secondary N) is 1. The van der Waals surface area contributed by atoms with E-state index >= 15 is 0 Å². The third-order valence-electron chi connectivity index (χ3n) is 5.85. The summed E-state index contributed by atoms with van der Waals surface area (Å²) < 4.78 is 5.09. The summed E-state index contributed by atoms with van der Waals surface area (Å²) in [6.07, 6.45) is 5.92. The van der Waals surface area contributed by atoms with Crippen molar-refractivity contribution >= 4 is 35.1 Å². The van der Waals surface area contributed by atoms with Crippen LogP contribution in [-0.2, 0) is 25.5 Å². The number of hydrogen-bond acceptors (Lipinski definition) is 5. The van der Waals surface area contributed by atoms with Crippen molar-refractivity contribution in [2.75, 3.05) is 16.8 Å². The number of rotatable bonds is 6. The Morgan fingerprint density at radius 3 is 2.09 bits per heavy atom. The lowest BCUT2D eigenvalue weighted by molar-refractivity contribution is -0.122. The fourth-order valence-electron chi connectivity index (χ4n) is 4.04. The summed E-state index contributed by atoms with van der Waals surface area (Å²) in [4.78, 5) is 50.9. The SMILES string of the molecule is CCc1ccc(NC(=O)COC(=O)c2ccc(N3C(=O)[C@H]4CC=CC[C@@H]4C3=O)cc2)cc1. The van der Waals surface area contributed by atoms with Crippen molar-refractivity contribution in [1.82, 2.24) is 0 Å². The van der Waals surface area contributed by atoms with Crippen LogP contribution in [0.4, 0.5) is 11.4 Å². The van der Waals surface area contributed by atoms with Crippen molar-refractivity contribution in [3.8, 4) is 0 Å². The molecule has 32 heavy (non-hydrogen) atoms. The van der Waals surface area contributed by atoms with E-state index in [0.717, 1.165) is 12.0 Å². The van der Waals surface area contributed by atoms with Gasteiger partial charge in [0.15, 0.2) is 6.61 Å². The first kappa shape index (κ1) is 21.5. The van der Waals surface area contributed by atoms with Gasteiger partial charge >= 0.3 is 5.97 Å². The number of fused-ring (bicyclic) bond motifs is 1. The first-order valence-corrected chi connectivity index (χ1v) is 10.7. The fourth-order valence-corrected chi connectivity index (χ4v) is 4.04. The molecule has 164 valence electrons. The van der Waals surface area contributed by atoms with E-state index < -0.39 is 18.5 Å². The van der Waals surface area contributed by atoms with Crippen molar-refractivity contribution in [3.05, 3.63) is 71.8 Å². The quantitative estimate of drug-likeness (QED) is 0.428. The average molecular weight is 432 g/mol. The summed E-state index contributed by atoms with van der Waals surface area (Å²) in [6, 6.07) is 13.5. The number of carbonyl (C=O) groups excluding carboxylic acids is 4. The van der Waals surface area contributed by atoms with Gasteiger partial charge in [0.05, 0.1) is 23.1 Å². The van der Waals surface area contributed by atoms with E-state index in [1.165, 1.54) is 17.0 Å². The first-order chi connectivity index (χ1) is 15.5. The first-order valence-electron chi connectivity index (χ1n) is 10.7. The molecule has 7 nitrogen and oxygen atoms in total. The normalized spacial score (nSPS) is 19.6. The Hall–Kier alpha value is -3.74. The van der Waals surface area contributed by atoms with Gasteiger partial charge in [0.1, 0.15) is 0 Å². The molecule has 1 heterocycles. The number of amides is 3. The predicted octanol–water partition coefficient (Wildman–Crippen LogP) is 3.50. The zero-order valence-corrected chi connectivity index (χ0v) is 17.7. The van der Waals surface area contributed by atoms with Crippen molar-refractivity contribution < 1.29 is 23.9 Å². The van der Waals surface area contributed by atoms with Crippen LogP contribution < -0.4 is 10.2 Å². The van der Waals surface area contributed by atoms with Gasteiger partial charge in [-0.1, -0.05) is 31.2 Å². The van der Waals surface area contributed by atoms with E-state index in [2.05, 4.69) is 5.32 Å². The molecule has 0 saturated carbocycles. The maximum absolute atomic E-state index is 12.7. The Kier molecular flexibility index (Phi) is 6.16. The highest BCUT2D eigenvalue weighted by atomic mass is 16.5. The van der Waals surface area contributed by atoms with Crippen LogP contribution in [-0.4, -0.2) is 30.3 Å². The van der Waals surface area contributed by atoms with Crippen LogP contribution in [0, 0.1) is 11.8 Å². The van der Waals surface area contributed by atoms with Gasteiger partial charge in [-0.3, -0.25) is 19.3 Å². The number of hydrogen-bond donors (Lipinski definition) is 1. The van der Waals surface area contributed by atoms with Gasteiger partial charge in [-0.25, -0.2) is 4.79 Å². The lowest BCUT2D eigenvalue weighted by atomic mass is 9.85. The van der Waals surface area contributed by atoms with Crippen LogP contribution in [0.2, 0.25) is 0 Å². The molecule has 3 amide bonds. The van der Waals surface area contributed by atoms with Crippen molar-refractivity contribution in [2.24, 2.45) is 11.8 Å². The summed E-state index contributed by atoms with van der Waals surface area (Å²) in [6.45, 7) is 1.62. The monoisotopic (exact) mass is 432 g/mol. The highest BCUT2D eigenvalue weighted by Gasteiger charge is 2.47. The molecule has 1 fully saturated rings. The minimum absolute atomic E-state index is 0.205. The number of imide groups is 1. The number of esters is 1. The van der Waals surface area contributed by atoms with Crippen molar-refractivity contribution in [3.63, 3.8) is 0 Å². The zero-order chi connectivity index (χ0) is 22.7. The Bertz CT molecular complexity index is 1050. The average Bonchev–Trinajstić information content (AvgIpc) is 3.08. The maximum Gasteiger partial charge on any atom is 0.338 e. The summed E-state index contributed by atoms with van der Waals surface area (Å²) >= 11 is 0. The molecular formula is C25H24N2O5. The number of benzene rings is 2. The lowest BCUT2D eigenvalue weighted by Gasteiger charge is -2.15. The fraction of sp³-hybridized carbons (Fsp3) is 0.280. The molecule has 2 atom stereocenters. The number of aryl methyl sites for hydroxylation is 1. The molecule has 0 spiro atoms. The summed E-state index contributed by atoms with van der Waals surface area (Å²) in [5.74, 6) is -2.14. The number of anilines is 2. The van der Waals surface area contributed by atoms with Crippen molar-refractivity contribution in [1.29, 1.82) is 0 Å². The highest BCUT2D eigenvalue weighted by molar-refractivity contribution is 6.22. The molecule has 2 aliphatic rings. The smallest absolute Gasteiger partial charge is 0.338 e. The van der Waals surface area contributed by atoms with Gasteiger partial charge < -0.3 is 10.1 Å². The number of ether oxygens (including phenoxy) is 1. The van der Waals surface area contributed by atoms with E-state index in [1.807, 2.05) is 31.2 Å². The van der Waals surface area contributed by atoms with Crippen LogP contribution in [0.15, 0.2) is 60.7 Å². The molecule has 0 unspecified atom stereocenters. The van der Waals surface area contributed by atoms with Crippen LogP contribution in [0.3, 0.4) is 0 Å². The molecule has 0 aromatic heterocycles. The molecular weight excluding hydrogens is 408 g/mol. The molecule has 1 saturated heterocycles. The third-order valence-corrected chi connectivity index (χ3v) is 5.85. The number of allylic oxidation sites excluding steroid dienone is 2. The van der Waals surface area contributed by atoms with Gasteiger partial charge in [0.25, 0.3) is 5.91 Å². The van der Waals surface area contributed by atoms with Crippen molar-refractivity contribution in [2.45, 2.75) is 26.2 Å². The Morgan fingerprint density at radius 1 is 0.938 bits per heavy atom. The second-order valence-electron chi connectivity index (χ2n) is 7.89. The Morgan fingerprint density at radius 2 is 1.53 bits per heavy atom. The van der Waals surface area contributed by atoms with E-state index in [1.54, 1.807) is 24.3 Å². The lowest BCUT2D eigenvalue weighted by Crippen LogP contribution is -2.30.